The molecule has 1 aliphatic rings. The summed E-state index contributed by atoms with van der Waals surface area (Å²) in [5.41, 5.74) is 0.956. The highest BCUT2D eigenvalue weighted by Gasteiger charge is 2.25. The molecule has 3 rings (SSSR count). The first-order chi connectivity index (χ1) is 12.1. The number of amides is 1. The Labute approximate surface area is 151 Å². The number of nitrogens with zero attached hydrogens (tertiary/aromatic N) is 3. The van der Waals surface area contributed by atoms with Gasteiger partial charge in [-0.2, -0.15) is 4.98 Å². The summed E-state index contributed by atoms with van der Waals surface area (Å²) in [7, 11) is 1.51. The molecule has 2 aromatic rings. The first kappa shape index (κ1) is 17.5. The second kappa shape index (κ2) is 8.16. The molecule has 0 radical (unpaired) electrons. The molecule has 132 valence electrons. The fourth-order valence-corrected chi connectivity index (χ4v) is 2.94. The Morgan fingerprint density at radius 1 is 1.32 bits per heavy atom. The van der Waals surface area contributed by atoms with E-state index in [4.69, 9.17) is 21.1 Å². The van der Waals surface area contributed by atoms with Crippen LogP contribution in [0.1, 0.15) is 18.4 Å². The van der Waals surface area contributed by atoms with Crippen molar-refractivity contribution in [2.45, 2.75) is 25.4 Å². The summed E-state index contributed by atoms with van der Waals surface area (Å²) in [6.07, 6.45) is 3.66. The van der Waals surface area contributed by atoms with E-state index in [1.54, 1.807) is 24.4 Å². The third kappa shape index (κ3) is 4.82. The smallest absolute Gasteiger partial charge is 0.319 e. The van der Waals surface area contributed by atoms with Crippen molar-refractivity contribution in [1.29, 1.82) is 0 Å². The summed E-state index contributed by atoms with van der Waals surface area (Å²) in [4.78, 5) is 22.5. The van der Waals surface area contributed by atoms with Crippen LogP contribution in [0.15, 0.2) is 36.5 Å². The first-order valence-electron chi connectivity index (χ1n) is 8.20. The number of aromatic nitrogens is 2. The maximum Gasteiger partial charge on any atom is 0.319 e. The molecule has 25 heavy (non-hydrogen) atoms. The fourth-order valence-electron chi connectivity index (χ4n) is 2.81. The van der Waals surface area contributed by atoms with Gasteiger partial charge < -0.3 is 14.4 Å². The first-order valence-corrected chi connectivity index (χ1v) is 8.58. The maximum atomic E-state index is 12.5. The summed E-state index contributed by atoms with van der Waals surface area (Å²) < 4.78 is 10.9. The topological polar surface area (TPSA) is 64.6 Å². The number of hydrogen-bond acceptors (Lipinski definition) is 5. The predicted octanol–water partition coefficient (Wildman–Crippen LogP) is 2.75. The number of carbonyl (C=O) groups excluding carboxylic acids is 1. The largest absolute Gasteiger partial charge is 0.472 e. The van der Waals surface area contributed by atoms with Gasteiger partial charge in [0.05, 0.1) is 20.1 Å². The number of likely N-dealkylation sites (tertiary alicyclic amines) is 1. The van der Waals surface area contributed by atoms with E-state index in [1.165, 1.54) is 7.11 Å². The van der Waals surface area contributed by atoms with Crippen molar-refractivity contribution in [2.75, 3.05) is 20.2 Å². The molecular weight excluding hydrogens is 342 g/mol. The lowest BCUT2D eigenvalue weighted by Crippen LogP contribution is -2.45. The molecule has 0 aliphatic carbocycles. The Hall–Kier alpha value is -2.34. The van der Waals surface area contributed by atoms with Gasteiger partial charge in [-0.25, -0.2) is 4.98 Å². The number of halogens is 1. The molecule has 1 aliphatic heterocycles. The number of carbonyl (C=O) groups is 1. The third-order valence-corrected chi connectivity index (χ3v) is 4.33. The molecule has 0 N–H and O–H groups in total. The molecule has 1 amide bonds. The van der Waals surface area contributed by atoms with Gasteiger partial charge in [0.2, 0.25) is 11.8 Å². The van der Waals surface area contributed by atoms with Crippen LogP contribution in [0, 0.1) is 0 Å². The molecule has 1 aromatic carbocycles. The van der Waals surface area contributed by atoms with Crippen molar-refractivity contribution >= 4 is 17.5 Å². The average Bonchev–Trinajstić information content (AvgIpc) is 2.64. The molecule has 0 spiro atoms. The molecule has 0 bridgehead atoms. The Balaban J connectivity index is 1.58. The second-order valence-electron chi connectivity index (χ2n) is 5.91. The van der Waals surface area contributed by atoms with Crippen LogP contribution in [0.2, 0.25) is 5.02 Å². The molecule has 6 nitrogen and oxygen atoms in total. The molecule has 7 heteroatoms. The van der Waals surface area contributed by atoms with E-state index in [9.17, 15) is 4.79 Å². The van der Waals surface area contributed by atoms with Gasteiger partial charge in [-0.15, -0.1) is 0 Å². The van der Waals surface area contributed by atoms with Crippen molar-refractivity contribution in [3.05, 3.63) is 47.1 Å². The van der Waals surface area contributed by atoms with Crippen LogP contribution in [0.5, 0.6) is 11.9 Å². The Kier molecular flexibility index (Phi) is 5.71. The van der Waals surface area contributed by atoms with Gasteiger partial charge in [0.25, 0.3) is 0 Å². The highest BCUT2D eigenvalue weighted by molar-refractivity contribution is 6.30. The van der Waals surface area contributed by atoms with Gasteiger partial charge in [0.1, 0.15) is 6.10 Å². The molecule has 1 atom stereocenters. The summed E-state index contributed by atoms with van der Waals surface area (Å²) >= 11 is 5.88. The summed E-state index contributed by atoms with van der Waals surface area (Å²) in [6, 6.07) is 9.32. The highest BCUT2D eigenvalue weighted by Crippen LogP contribution is 2.19. The normalized spacial score (nSPS) is 17.2. The zero-order valence-electron chi connectivity index (χ0n) is 14.0. The van der Waals surface area contributed by atoms with Crippen LogP contribution in [0.4, 0.5) is 0 Å². The monoisotopic (exact) mass is 361 g/mol. The van der Waals surface area contributed by atoms with Crippen LogP contribution in [-0.4, -0.2) is 47.1 Å². The van der Waals surface area contributed by atoms with E-state index in [1.807, 2.05) is 17.0 Å². The van der Waals surface area contributed by atoms with Crippen LogP contribution >= 0.6 is 11.6 Å². The number of piperidine rings is 1. The lowest BCUT2D eigenvalue weighted by atomic mass is 10.1. The van der Waals surface area contributed by atoms with Gasteiger partial charge in [-0.1, -0.05) is 23.7 Å². The van der Waals surface area contributed by atoms with Crippen molar-refractivity contribution in [2.24, 2.45) is 0 Å². The average molecular weight is 362 g/mol. The molecular formula is C18H20ClN3O3. The predicted molar refractivity (Wildman–Crippen MR) is 94.0 cm³/mol. The van der Waals surface area contributed by atoms with E-state index in [0.717, 1.165) is 24.9 Å². The third-order valence-electron chi connectivity index (χ3n) is 4.08. The zero-order chi connectivity index (χ0) is 17.6. The van der Waals surface area contributed by atoms with Crippen molar-refractivity contribution < 1.29 is 14.3 Å². The number of methoxy groups -OCH3 is 1. The minimum atomic E-state index is -0.0810. The van der Waals surface area contributed by atoms with Crippen LogP contribution in [-0.2, 0) is 11.2 Å². The molecule has 1 fully saturated rings. The zero-order valence-corrected chi connectivity index (χ0v) is 14.8. The standard InChI is InChI=1S/C18H20ClN3O3/c1-24-18-20-9-8-16(21-18)25-15-3-2-10-22(12-15)17(23)11-13-4-6-14(19)7-5-13/h4-9,15H,2-3,10-12H2,1H3. The molecule has 1 aromatic heterocycles. The van der Waals surface area contributed by atoms with Gasteiger partial charge >= 0.3 is 6.01 Å². The summed E-state index contributed by atoms with van der Waals surface area (Å²) in [6.45, 7) is 1.30. The van der Waals surface area contributed by atoms with E-state index >= 15 is 0 Å². The molecule has 0 saturated carbocycles. The van der Waals surface area contributed by atoms with E-state index in [0.29, 0.717) is 23.9 Å². The Morgan fingerprint density at radius 2 is 2.12 bits per heavy atom. The quantitative estimate of drug-likeness (QED) is 0.819. The van der Waals surface area contributed by atoms with E-state index < -0.39 is 0 Å². The van der Waals surface area contributed by atoms with Crippen LogP contribution in [0.3, 0.4) is 0 Å². The van der Waals surface area contributed by atoms with Gasteiger partial charge in [0.15, 0.2) is 0 Å². The second-order valence-corrected chi connectivity index (χ2v) is 6.34. The van der Waals surface area contributed by atoms with E-state index in [-0.39, 0.29) is 18.0 Å². The summed E-state index contributed by atoms with van der Waals surface area (Å²) in [5, 5.41) is 0.669. The Morgan fingerprint density at radius 3 is 2.88 bits per heavy atom. The van der Waals surface area contributed by atoms with Gasteiger partial charge in [-0.05, 0) is 30.5 Å². The van der Waals surface area contributed by atoms with Crippen LogP contribution < -0.4 is 9.47 Å². The fraction of sp³-hybridized carbons (Fsp3) is 0.389. The summed E-state index contributed by atoms with van der Waals surface area (Å²) in [5.74, 6) is 0.555. The lowest BCUT2D eigenvalue weighted by Gasteiger charge is -2.32. The van der Waals surface area contributed by atoms with Gasteiger partial charge in [-0.3, -0.25) is 4.79 Å². The highest BCUT2D eigenvalue weighted by atomic mass is 35.5. The van der Waals surface area contributed by atoms with Crippen molar-refractivity contribution in [3.63, 3.8) is 0 Å². The SMILES string of the molecule is COc1nccc(OC2CCCN(C(=O)Cc3ccc(Cl)cc3)C2)n1. The number of rotatable bonds is 5. The van der Waals surface area contributed by atoms with Crippen LogP contribution in [0.25, 0.3) is 0 Å². The maximum absolute atomic E-state index is 12.5. The molecule has 2 heterocycles. The van der Waals surface area contributed by atoms with E-state index in [2.05, 4.69) is 9.97 Å². The molecule has 1 saturated heterocycles. The van der Waals surface area contributed by atoms with Crippen molar-refractivity contribution in [1.82, 2.24) is 14.9 Å². The minimum absolute atomic E-state index is 0.0810. The number of benzene rings is 1. The Bertz CT molecular complexity index is 724. The van der Waals surface area contributed by atoms with Crippen molar-refractivity contribution in [3.8, 4) is 11.9 Å². The van der Waals surface area contributed by atoms with Gasteiger partial charge in [0, 0.05) is 23.8 Å². The molecule has 1 unspecified atom stereocenters. The number of ether oxygens (including phenoxy) is 2. The lowest BCUT2D eigenvalue weighted by molar-refractivity contribution is -0.133. The minimum Gasteiger partial charge on any atom is -0.472 e. The number of hydrogen-bond donors (Lipinski definition) is 0.